The molecule has 0 aliphatic heterocycles. The quantitative estimate of drug-likeness (QED) is 0.765. The van der Waals surface area contributed by atoms with Crippen molar-refractivity contribution in [3.05, 3.63) is 71.4 Å². The van der Waals surface area contributed by atoms with Crippen LogP contribution in [0, 0.1) is 13.8 Å². The molecule has 3 rings (SSSR count). The molecule has 3 aromatic rings. The van der Waals surface area contributed by atoms with E-state index < -0.39 is 0 Å². The molecule has 0 unspecified atom stereocenters. The van der Waals surface area contributed by atoms with Crippen LogP contribution in [0.15, 0.2) is 54.7 Å². The van der Waals surface area contributed by atoms with Crippen molar-refractivity contribution in [3.63, 3.8) is 0 Å². The highest BCUT2D eigenvalue weighted by Gasteiger charge is 2.10. The van der Waals surface area contributed by atoms with Gasteiger partial charge in [-0.1, -0.05) is 24.3 Å². The van der Waals surface area contributed by atoms with Gasteiger partial charge in [-0.3, -0.25) is 9.78 Å². The Kier molecular flexibility index (Phi) is 3.40. The van der Waals surface area contributed by atoms with E-state index in [1.54, 1.807) is 12.3 Å². The zero-order valence-electron chi connectivity index (χ0n) is 12.1. The van der Waals surface area contributed by atoms with Gasteiger partial charge < -0.3 is 5.32 Å². The molecular formula is C18H16N2O. The summed E-state index contributed by atoms with van der Waals surface area (Å²) in [4.78, 5) is 16.8. The van der Waals surface area contributed by atoms with Crippen molar-refractivity contribution in [2.45, 2.75) is 13.8 Å². The first-order valence-corrected chi connectivity index (χ1v) is 6.87. The third-order valence-electron chi connectivity index (χ3n) is 3.37. The van der Waals surface area contributed by atoms with Gasteiger partial charge in [0.15, 0.2) is 0 Å². The summed E-state index contributed by atoms with van der Waals surface area (Å²) in [7, 11) is 0. The number of nitrogens with zero attached hydrogens (tertiary/aromatic N) is 1. The number of pyridine rings is 1. The molecule has 0 fully saturated rings. The predicted octanol–water partition coefficient (Wildman–Crippen LogP) is 4.10. The second-order valence-corrected chi connectivity index (χ2v) is 5.21. The summed E-state index contributed by atoms with van der Waals surface area (Å²) in [5.41, 5.74) is 4.54. The van der Waals surface area contributed by atoms with Gasteiger partial charge in [0.2, 0.25) is 0 Å². The molecule has 21 heavy (non-hydrogen) atoms. The minimum atomic E-state index is -0.112. The van der Waals surface area contributed by atoms with E-state index in [0.717, 1.165) is 27.7 Å². The summed E-state index contributed by atoms with van der Waals surface area (Å²) in [6.45, 7) is 4.04. The molecule has 0 spiro atoms. The van der Waals surface area contributed by atoms with Crippen LogP contribution >= 0.6 is 0 Å². The third kappa shape index (κ3) is 2.77. The lowest BCUT2D eigenvalue weighted by molar-refractivity contribution is 0.102. The van der Waals surface area contributed by atoms with Crippen LogP contribution in [0.2, 0.25) is 0 Å². The molecule has 1 amide bonds. The first kappa shape index (κ1) is 13.3. The molecule has 0 radical (unpaired) electrons. The molecule has 3 nitrogen and oxygen atoms in total. The normalized spacial score (nSPS) is 10.6. The lowest BCUT2D eigenvalue weighted by Gasteiger charge is -2.09. The molecule has 3 heteroatoms. The van der Waals surface area contributed by atoms with Crippen LogP contribution in [0.5, 0.6) is 0 Å². The Hall–Kier alpha value is -2.68. The van der Waals surface area contributed by atoms with E-state index in [0.29, 0.717) is 5.56 Å². The van der Waals surface area contributed by atoms with Gasteiger partial charge in [0, 0.05) is 17.3 Å². The second-order valence-electron chi connectivity index (χ2n) is 5.21. The number of aryl methyl sites for hydroxylation is 2. The summed E-state index contributed by atoms with van der Waals surface area (Å²) in [6.07, 6.45) is 1.67. The van der Waals surface area contributed by atoms with Crippen molar-refractivity contribution < 1.29 is 4.79 Å². The van der Waals surface area contributed by atoms with Crippen LogP contribution in [0.3, 0.4) is 0 Å². The smallest absolute Gasteiger partial charge is 0.256 e. The van der Waals surface area contributed by atoms with E-state index in [9.17, 15) is 4.79 Å². The standard InChI is InChI=1S/C18H16N2O/c1-12-9-13(2)11-14(10-12)20-18(21)16-7-8-19-17-6-4-3-5-15(16)17/h3-11H,1-2H3,(H,20,21). The van der Waals surface area contributed by atoms with E-state index >= 15 is 0 Å². The van der Waals surface area contributed by atoms with Crippen LogP contribution in [0.1, 0.15) is 21.5 Å². The van der Waals surface area contributed by atoms with Crippen LogP contribution in [-0.4, -0.2) is 10.9 Å². The maximum Gasteiger partial charge on any atom is 0.256 e. The third-order valence-corrected chi connectivity index (χ3v) is 3.37. The highest BCUT2D eigenvalue weighted by molar-refractivity contribution is 6.12. The number of hydrogen-bond acceptors (Lipinski definition) is 2. The molecule has 2 aromatic carbocycles. The Morgan fingerprint density at radius 2 is 1.71 bits per heavy atom. The SMILES string of the molecule is Cc1cc(C)cc(NC(=O)c2ccnc3ccccc23)c1. The fourth-order valence-corrected chi connectivity index (χ4v) is 2.54. The number of nitrogens with one attached hydrogen (secondary N) is 1. The topological polar surface area (TPSA) is 42.0 Å². The molecule has 0 aliphatic rings. The van der Waals surface area contributed by atoms with Gasteiger partial charge in [-0.2, -0.15) is 0 Å². The van der Waals surface area contributed by atoms with E-state index in [1.807, 2.05) is 50.2 Å². The highest BCUT2D eigenvalue weighted by atomic mass is 16.1. The number of hydrogen-bond donors (Lipinski definition) is 1. The van der Waals surface area contributed by atoms with Crippen LogP contribution < -0.4 is 5.32 Å². The average molecular weight is 276 g/mol. The molecule has 0 aliphatic carbocycles. The van der Waals surface area contributed by atoms with Crippen LogP contribution in [-0.2, 0) is 0 Å². The fraction of sp³-hybridized carbons (Fsp3) is 0.111. The lowest BCUT2D eigenvalue weighted by Crippen LogP contribution is -2.12. The highest BCUT2D eigenvalue weighted by Crippen LogP contribution is 2.19. The Morgan fingerprint density at radius 3 is 2.48 bits per heavy atom. The van der Waals surface area contributed by atoms with E-state index in [1.165, 1.54) is 0 Å². The van der Waals surface area contributed by atoms with Gasteiger partial charge >= 0.3 is 0 Å². The summed E-state index contributed by atoms with van der Waals surface area (Å²) < 4.78 is 0. The largest absolute Gasteiger partial charge is 0.322 e. The number of carbonyl (C=O) groups excluding carboxylic acids is 1. The Labute approximate surface area is 123 Å². The number of amides is 1. The minimum absolute atomic E-state index is 0.112. The Balaban J connectivity index is 1.97. The zero-order chi connectivity index (χ0) is 14.8. The minimum Gasteiger partial charge on any atom is -0.322 e. The number of anilines is 1. The molecule has 1 heterocycles. The lowest BCUT2D eigenvalue weighted by atomic mass is 10.1. The van der Waals surface area contributed by atoms with Gasteiger partial charge in [-0.25, -0.2) is 0 Å². The van der Waals surface area contributed by atoms with E-state index in [2.05, 4.69) is 16.4 Å². The number of carbonyl (C=O) groups is 1. The summed E-state index contributed by atoms with van der Waals surface area (Å²) in [5.74, 6) is -0.112. The van der Waals surface area contributed by atoms with Crippen molar-refractivity contribution in [1.29, 1.82) is 0 Å². The molecule has 1 aromatic heterocycles. The van der Waals surface area contributed by atoms with Crippen LogP contribution in [0.4, 0.5) is 5.69 Å². The molecule has 0 saturated carbocycles. The van der Waals surface area contributed by atoms with Crippen molar-refractivity contribution in [3.8, 4) is 0 Å². The van der Waals surface area contributed by atoms with Crippen molar-refractivity contribution in [2.24, 2.45) is 0 Å². The summed E-state index contributed by atoms with van der Waals surface area (Å²) in [5, 5.41) is 3.83. The number of benzene rings is 2. The molecule has 0 atom stereocenters. The molecule has 0 bridgehead atoms. The molecule has 1 N–H and O–H groups in total. The maximum atomic E-state index is 12.5. The van der Waals surface area contributed by atoms with Gasteiger partial charge in [0.25, 0.3) is 5.91 Å². The predicted molar refractivity (Wildman–Crippen MR) is 85.6 cm³/mol. The summed E-state index contributed by atoms with van der Waals surface area (Å²) >= 11 is 0. The van der Waals surface area contributed by atoms with Gasteiger partial charge in [-0.05, 0) is 49.2 Å². The summed E-state index contributed by atoms with van der Waals surface area (Å²) in [6, 6.07) is 15.4. The Morgan fingerprint density at radius 1 is 1.00 bits per heavy atom. The second kappa shape index (κ2) is 5.37. The number of para-hydroxylation sites is 1. The first-order valence-electron chi connectivity index (χ1n) is 6.87. The van der Waals surface area contributed by atoms with Crippen molar-refractivity contribution >= 4 is 22.5 Å². The zero-order valence-corrected chi connectivity index (χ0v) is 12.1. The average Bonchev–Trinajstić information content (AvgIpc) is 2.45. The number of fused-ring (bicyclic) bond motifs is 1. The molecular weight excluding hydrogens is 260 g/mol. The van der Waals surface area contributed by atoms with Crippen molar-refractivity contribution in [1.82, 2.24) is 4.98 Å². The van der Waals surface area contributed by atoms with Crippen LogP contribution in [0.25, 0.3) is 10.9 Å². The molecule has 104 valence electrons. The van der Waals surface area contributed by atoms with Gasteiger partial charge in [0.1, 0.15) is 0 Å². The van der Waals surface area contributed by atoms with E-state index in [4.69, 9.17) is 0 Å². The van der Waals surface area contributed by atoms with Gasteiger partial charge in [0.05, 0.1) is 11.1 Å². The first-order chi connectivity index (χ1) is 10.1. The number of rotatable bonds is 2. The number of aromatic nitrogens is 1. The fourth-order valence-electron chi connectivity index (χ4n) is 2.54. The maximum absolute atomic E-state index is 12.5. The monoisotopic (exact) mass is 276 g/mol. The molecule has 0 saturated heterocycles. The van der Waals surface area contributed by atoms with E-state index in [-0.39, 0.29) is 5.91 Å². The van der Waals surface area contributed by atoms with Gasteiger partial charge in [-0.15, -0.1) is 0 Å². The van der Waals surface area contributed by atoms with Crippen molar-refractivity contribution in [2.75, 3.05) is 5.32 Å². The Bertz CT molecular complexity index is 799.